The van der Waals surface area contributed by atoms with Gasteiger partial charge in [-0.1, -0.05) is 38.1 Å². The molecule has 1 heterocycles. The van der Waals surface area contributed by atoms with Crippen LogP contribution in [0.15, 0.2) is 42.5 Å². The van der Waals surface area contributed by atoms with Crippen LogP contribution >= 0.6 is 0 Å². The monoisotopic (exact) mass is 281 g/mol. The molecule has 0 aromatic heterocycles. The van der Waals surface area contributed by atoms with Crippen molar-refractivity contribution in [3.63, 3.8) is 0 Å². The molecule has 3 rings (SSSR count). The van der Waals surface area contributed by atoms with E-state index in [4.69, 9.17) is 4.74 Å². The van der Waals surface area contributed by atoms with E-state index in [-0.39, 0.29) is 5.41 Å². The number of hydrogen-bond acceptors (Lipinski definition) is 2. The number of hydrogen-bond donors (Lipinski definition) is 1. The smallest absolute Gasteiger partial charge is 0.121 e. The zero-order valence-electron chi connectivity index (χ0n) is 13.1. The van der Waals surface area contributed by atoms with Crippen LogP contribution in [-0.2, 0) is 5.41 Å². The van der Waals surface area contributed by atoms with Crippen LogP contribution in [0.4, 0.5) is 11.4 Å². The second-order valence-corrected chi connectivity index (χ2v) is 5.60. The van der Waals surface area contributed by atoms with Crippen molar-refractivity contribution in [2.75, 3.05) is 11.9 Å². The van der Waals surface area contributed by atoms with Gasteiger partial charge in [0.25, 0.3) is 0 Å². The van der Waals surface area contributed by atoms with E-state index in [1.807, 2.05) is 6.92 Å². The maximum absolute atomic E-state index is 5.66. The van der Waals surface area contributed by atoms with Gasteiger partial charge in [-0.15, -0.1) is 0 Å². The summed E-state index contributed by atoms with van der Waals surface area (Å²) in [6, 6.07) is 15.1. The highest BCUT2D eigenvalue weighted by atomic mass is 16.5. The Labute approximate surface area is 127 Å². The predicted octanol–water partition coefficient (Wildman–Crippen LogP) is 5.25. The number of rotatable bonds is 4. The van der Waals surface area contributed by atoms with Crippen LogP contribution in [0.25, 0.3) is 0 Å². The van der Waals surface area contributed by atoms with E-state index < -0.39 is 0 Å². The quantitative estimate of drug-likeness (QED) is 0.826. The highest BCUT2D eigenvalue weighted by Gasteiger charge is 2.37. The molecule has 0 radical (unpaired) electrons. The van der Waals surface area contributed by atoms with Crippen LogP contribution in [0.3, 0.4) is 0 Å². The van der Waals surface area contributed by atoms with Crippen LogP contribution in [0.5, 0.6) is 5.75 Å². The molecule has 0 spiro atoms. The molecule has 2 aromatic rings. The number of nitrogens with one attached hydrogen (secondary N) is 1. The highest BCUT2D eigenvalue weighted by molar-refractivity contribution is 5.76. The van der Waals surface area contributed by atoms with Crippen molar-refractivity contribution in [2.45, 2.75) is 39.0 Å². The van der Waals surface area contributed by atoms with E-state index in [0.29, 0.717) is 6.61 Å². The first kappa shape index (κ1) is 14.0. The first-order valence-electron chi connectivity index (χ1n) is 7.89. The summed E-state index contributed by atoms with van der Waals surface area (Å²) in [6.07, 6.45) is 2.20. The van der Waals surface area contributed by atoms with Crippen LogP contribution < -0.4 is 10.1 Å². The van der Waals surface area contributed by atoms with Crippen LogP contribution in [0.2, 0.25) is 0 Å². The predicted molar refractivity (Wildman–Crippen MR) is 88.7 cm³/mol. The Balaban J connectivity index is 2.19. The Kier molecular flexibility index (Phi) is 3.62. The zero-order valence-corrected chi connectivity index (χ0v) is 13.1. The van der Waals surface area contributed by atoms with Gasteiger partial charge in [0, 0.05) is 22.9 Å². The standard InChI is InChI=1S/C19H23NO/c1-4-19(5-2)15-9-7-8-10-17(15)20-18-13-14(21-6-3)11-12-16(18)19/h7-13,20H,4-6H2,1-3H3. The molecule has 0 saturated heterocycles. The molecule has 0 aliphatic carbocycles. The summed E-state index contributed by atoms with van der Waals surface area (Å²) in [7, 11) is 0. The summed E-state index contributed by atoms with van der Waals surface area (Å²) in [4.78, 5) is 0. The van der Waals surface area contributed by atoms with E-state index in [9.17, 15) is 0 Å². The topological polar surface area (TPSA) is 21.3 Å². The number of anilines is 2. The lowest BCUT2D eigenvalue weighted by atomic mass is 9.68. The number of para-hydroxylation sites is 1. The molecule has 21 heavy (non-hydrogen) atoms. The fourth-order valence-corrected chi connectivity index (χ4v) is 3.61. The Morgan fingerprint density at radius 2 is 1.62 bits per heavy atom. The Hall–Kier alpha value is -1.96. The maximum Gasteiger partial charge on any atom is 0.121 e. The number of fused-ring (bicyclic) bond motifs is 2. The van der Waals surface area contributed by atoms with Crippen LogP contribution in [-0.4, -0.2) is 6.61 Å². The highest BCUT2D eigenvalue weighted by Crippen LogP contribution is 2.50. The normalized spacial score (nSPS) is 14.8. The van der Waals surface area contributed by atoms with Crippen LogP contribution in [0.1, 0.15) is 44.7 Å². The Morgan fingerprint density at radius 1 is 0.905 bits per heavy atom. The summed E-state index contributed by atoms with van der Waals surface area (Å²) in [5, 5.41) is 3.58. The van der Waals surface area contributed by atoms with E-state index in [1.165, 1.54) is 22.5 Å². The lowest BCUT2D eigenvalue weighted by Crippen LogP contribution is -2.31. The Bertz CT molecular complexity index is 644. The third-order valence-corrected chi connectivity index (χ3v) is 4.74. The fourth-order valence-electron chi connectivity index (χ4n) is 3.61. The van der Waals surface area contributed by atoms with Crippen molar-refractivity contribution in [1.82, 2.24) is 0 Å². The minimum absolute atomic E-state index is 0.0991. The Morgan fingerprint density at radius 3 is 2.33 bits per heavy atom. The molecule has 0 saturated carbocycles. The third kappa shape index (κ3) is 2.10. The third-order valence-electron chi connectivity index (χ3n) is 4.74. The number of benzene rings is 2. The van der Waals surface area contributed by atoms with Gasteiger partial charge in [-0.2, -0.15) is 0 Å². The summed E-state index contributed by atoms with van der Waals surface area (Å²) >= 11 is 0. The van der Waals surface area contributed by atoms with Crippen molar-refractivity contribution in [3.8, 4) is 5.75 Å². The molecule has 2 nitrogen and oxygen atoms in total. The van der Waals surface area contributed by atoms with Crippen molar-refractivity contribution >= 4 is 11.4 Å². The van der Waals surface area contributed by atoms with Crippen molar-refractivity contribution in [2.24, 2.45) is 0 Å². The molecule has 1 aliphatic heterocycles. The van der Waals surface area contributed by atoms with Gasteiger partial charge in [-0.3, -0.25) is 0 Å². The van der Waals surface area contributed by atoms with E-state index in [1.54, 1.807) is 0 Å². The van der Waals surface area contributed by atoms with E-state index in [0.717, 1.165) is 18.6 Å². The first-order valence-corrected chi connectivity index (χ1v) is 7.89. The molecule has 1 N–H and O–H groups in total. The van der Waals surface area contributed by atoms with Gasteiger partial charge < -0.3 is 10.1 Å². The molecule has 110 valence electrons. The second kappa shape index (κ2) is 5.44. The average molecular weight is 281 g/mol. The molecule has 0 atom stereocenters. The lowest BCUT2D eigenvalue weighted by Gasteiger charge is -2.40. The largest absolute Gasteiger partial charge is 0.494 e. The summed E-state index contributed by atoms with van der Waals surface area (Å²) in [5.74, 6) is 0.934. The molecule has 1 aliphatic rings. The van der Waals surface area contributed by atoms with Crippen molar-refractivity contribution in [3.05, 3.63) is 53.6 Å². The summed E-state index contributed by atoms with van der Waals surface area (Å²) in [5.41, 5.74) is 5.30. The van der Waals surface area contributed by atoms with Crippen molar-refractivity contribution < 1.29 is 4.74 Å². The summed E-state index contributed by atoms with van der Waals surface area (Å²) in [6.45, 7) is 7.28. The van der Waals surface area contributed by atoms with Crippen LogP contribution in [0, 0.1) is 0 Å². The number of ether oxygens (including phenoxy) is 1. The minimum Gasteiger partial charge on any atom is -0.494 e. The van der Waals surface area contributed by atoms with E-state index in [2.05, 4.69) is 61.6 Å². The zero-order chi connectivity index (χ0) is 14.9. The van der Waals surface area contributed by atoms with Gasteiger partial charge in [0.15, 0.2) is 0 Å². The first-order chi connectivity index (χ1) is 10.2. The molecule has 0 fully saturated rings. The molecule has 0 amide bonds. The second-order valence-electron chi connectivity index (χ2n) is 5.60. The molecular weight excluding hydrogens is 258 g/mol. The lowest BCUT2D eigenvalue weighted by molar-refractivity contribution is 0.340. The average Bonchev–Trinajstić information content (AvgIpc) is 2.53. The minimum atomic E-state index is 0.0991. The van der Waals surface area contributed by atoms with Gasteiger partial charge in [-0.05, 0) is 43.0 Å². The fraction of sp³-hybridized carbons (Fsp3) is 0.368. The van der Waals surface area contributed by atoms with Gasteiger partial charge in [0.2, 0.25) is 0 Å². The van der Waals surface area contributed by atoms with Crippen molar-refractivity contribution in [1.29, 1.82) is 0 Å². The molecule has 0 unspecified atom stereocenters. The van der Waals surface area contributed by atoms with Gasteiger partial charge >= 0.3 is 0 Å². The molecule has 2 aromatic carbocycles. The molecule has 0 bridgehead atoms. The van der Waals surface area contributed by atoms with Gasteiger partial charge in [0.1, 0.15) is 5.75 Å². The SMILES string of the molecule is CCOc1ccc2c(c1)Nc1ccccc1C2(CC)CC. The van der Waals surface area contributed by atoms with E-state index >= 15 is 0 Å². The molecule has 2 heteroatoms. The summed E-state index contributed by atoms with van der Waals surface area (Å²) < 4.78 is 5.66. The maximum atomic E-state index is 5.66. The van der Waals surface area contributed by atoms with Gasteiger partial charge in [0.05, 0.1) is 6.61 Å². The molecular formula is C19H23NO. The van der Waals surface area contributed by atoms with Gasteiger partial charge in [-0.25, -0.2) is 0 Å².